The van der Waals surface area contributed by atoms with Gasteiger partial charge in [-0.1, -0.05) is 43.7 Å². The van der Waals surface area contributed by atoms with E-state index in [1.807, 2.05) is 41.1 Å². The molecule has 2 heterocycles. The second kappa shape index (κ2) is 13.4. The Balaban J connectivity index is 1.92. The van der Waals surface area contributed by atoms with Gasteiger partial charge in [-0.2, -0.15) is 4.98 Å². The molecule has 3 aromatic rings. The lowest BCUT2D eigenvalue weighted by Crippen LogP contribution is -2.38. The monoisotopic (exact) mass is 472 g/mol. The molecule has 0 aliphatic rings. The minimum absolute atomic E-state index is 0.226. The Morgan fingerprint density at radius 2 is 1.88 bits per heavy atom. The third-order valence-corrected chi connectivity index (χ3v) is 5.86. The standard InChI is InChI=1S/C25H36N4O5/c1-3-4-10-34-18-29-14-20(23-24(29)25(33-2)27-17-26-23)12-28(11-19-8-6-5-7-9-19)13-21(15-30)22(32)16-31/h5-9,14,17,21-22,30-32H,3-4,10-13,15-16,18H2,1-2H3/t21?,22-/m0/s1. The van der Waals surface area contributed by atoms with E-state index < -0.39 is 18.6 Å². The van der Waals surface area contributed by atoms with Crippen LogP contribution in [0.25, 0.3) is 11.0 Å². The predicted octanol–water partition coefficient (Wildman–Crippen LogP) is 2.18. The lowest BCUT2D eigenvalue weighted by molar-refractivity contribution is 0.00445. The fourth-order valence-electron chi connectivity index (χ4n) is 4.00. The Bertz CT molecular complexity index is 998. The molecular weight excluding hydrogens is 436 g/mol. The molecule has 2 aromatic heterocycles. The molecule has 0 aliphatic heterocycles. The van der Waals surface area contributed by atoms with Gasteiger partial charge in [-0.15, -0.1) is 0 Å². The van der Waals surface area contributed by atoms with Crippen LogP contribution in [-0.2, 0) is 24.6 Å². The molecule has 0 aliphatic carbocycles. The lowest BCUT2D eigenvalue weighted by Gasteiger charge is -2.28. The van der Waals surface area contributed by atoms with Crippen LogP contribution in [0.2, 0.25) is 0 Å². The first kappa shape index (κ1) is 26.1. The predicted molar refractivity (Wildman–Crippen MR) is 129 cm³/mol. The molecule has 0 amide bonds. The van der Waals surface area contributed by atoms with Gasteiger partial charge < -0.3 is 29.4 Å². The third kappa shape index (κ3) is 6.74. The van der Waals surface area contributed by atoms with E-state index in [1.54, 1.807) is 7.11 Å². The summed E-state index contributed by atoms with van der Waals surface area (Å²) in [5.41, 5.74) is 3.61. The molecule has 0 fully saturated rings. The number of rotatable bonds is 15. The van der Waals surface area contributed by atoms with Crippen molar-refractivity contribution < 1.29 is 24.8 Å². The van der Waals surface area contributed by atoms with Gasteiger partial charge in [0.15, 0.2) is 0 Å². The number of unbranched alkanes of at least 4 members (excludes halogenated alkanes) is 1. The maximum atomic E-state index is 10.2. The Labute approximate surface area is 200 Å². The van der Waals surface area contributed by atoms with E-state index in [9.17, 15) is 15.3 Å². The van der Waals surface area contributed by atoms with Gasteiger partial charge >= 0.3 is 0 Å². The van der Waals surface area contributed by atoms with E-state index in [2.05, 4.69) is 21.8 Å². The summed E-state index contributed by atoms with van der Waals surface area (Å²) in [5, 5.41) is 29.5. The summed E-state index contributed by atoms with van der Waals surface area (Å²) >= 11 is 0. The van der Waals surface area contributed by atoms with Gasteiger partial charge in [-0.3, -0.25) is 4.90 Å². The molecule has 3 N–H and O–H groups in total. The highest BCUT2D eigenvalue weighted by atomic mass is 16.5. The number of nitrogens with zero attached hydrogens (tertiary/aromatic N) is 4. The first-order valence-electron chi connectivity index (χ1n) is 11.7. The van der Waals surface area contributed by atoms with E-state index in [0.29, 0.717) is 38.9 Å². The second-order valence-electron chi connectivity index (χ2n) is 8.44. The van der Waals surface area contributed by atoms with Crippen molar-refractivity contribution in [2.45, 2.75) is 45.7 Å². The Morgan fingerprint density at radius 1 is 1.09 bits per heavy atom. The number of hydrogen-bond acceptors (Lipinski definition) is 8. The second-order valence-corrected chi connectivity index (χ2v) is 8.44. The van der Waals surface area contributed by atoms with Crippen molar-refractivity contribution in [1.82, 2.24) is 19.4 Å². The molecule has 9 heteroatoms. The fourth-order valence-corrected chi connectivity index (χ4v) is 4.00. The number of fused-ring (bicyclic) bond motifs is 1. The van der Waals surface area contributed by atoms with Crippen molar-refractivity contribution in [3.05, 3.63) is 54.0 Å². The molecule has 0 saturated heterocycles. The van der Waals surface area contributed by atoms with Crippen molar-refractivity contribution in [2.24, 2.45) is 5.92 Å². The van der Waals surface area contributed by atoms with Crippen LogP contribution in [0.4, 0.5) is 0 Å². The molecule has 1 aromatic carbocycles. The number of hydrogen-bond donors (Lipinski definition) is 3. The lowest BCUT2D eigenvalue weighted by atomic mass is 10.0. The van der Waals surface area contributed by atoms with Gasteiger partial charge in [-0.25, -0.2) is 4.98 Å². The summed E-state index contributed by atoms with van der Waals surface area (Å²) in [4.78, 5) is 10.9. The number of aliphatic hydroxyl groups excluding tert-OH is 3. The Morgan fingerprint density at radius 3 is 2.56 bits per heavy atom. The average molecular weight is 473 g/mol. The van der Waals surface area contributed by atoms with E-state index in [-0.39, 0.29) is 6.61 Å². The van der Waals surface area contributed by atoms with Gasteiger partial charge in [0.1, 0.15) is 24.1 Å². The highest BCUT2D eigenvalue weighted by Crippen LogP contribution is 2.28. The van der Waals surface area contributed by atoms with Gasteiger partial charge in [-0.05, 0) is 12.0 Å². The van der Waals surface area contributed by atoms with Gasteiger partial charge in [0.25, 0.3) is 0 Å². The number of methoxy groups -OCH3 is 1. The maximum Gasteiger partial charge on any atom is 0.241 e. The highest BCUT2D eigenvalue weighted by molar-refractivity contribution is 5.83. The number of ether oxygens (including phenoxy) is 2. The summed E-state index contributed by atoms with van der Waals surface area (Å²) in [6.45, 7) is 4.05. The maximum absolute atomic E-state index is 10.2. The average Bonchev–Trinajstić information content (AvgIpc) is 3.22. The van der Waals surface area contributed by atoms with Gasteiger partial charge in [0, 0.05) is 50.5 Å². The van der Waals surface area contributed by atoms with Crippen LogP contribution in [0.15, 0.2) is 42.9 Å². The first-order chi connectivity index (χ1) is 16.6. The molecule has 34 heavy (non-hydrogen) atoms. The van der Waals surface area contributed by atoms with Crippen LogP contribution < -0.4 is 4.74 Å². The Kier molecular flexibility index (Phi) is 10.2. The quantitative estimate of drug-likeness (QED) is 0.289. The summed E-state index contributed by atoms with van der Waals surface area (Å²) in [5.74, 6) is -0.00232. The van der Waals surface area contributed by atoms with E-state index in [1.165, 1.54) is 6.33 Å². The van der Waals surface area contributed by atoms with E-state index in [4.69, 9.17) is 9.47 Å². The van der Waals surface area contributed by atoms with E-state index >= 15 is 0 Å². The van der Waals surface area contributed by atoms with Crippen molar-refractivity contribution in [2.75, 3.05) is 33.5 Å². The van der Waals surface area contributed by atoms with Crippen molar-refractivity contribution in [3.8, 4) is 5.88 Å². The van der Waals surface area contributed by atoms with Crippen LogP contribution in [0.1, 0.15) is 30.9 Å². The number of benzene rings is 1. The minimum Gasteiger partial charge on any atom is -0.479 e. The zero-order valence-electron chi connectivity index (χ0n) is 20.0. The van der Waals surface area contributed by atoms with Crippen LogP contribution in [0.5, 0.6) is 5.88 Å². The zero-order chi connectivity index (χ0) is 24.3. The third-order valence-electron chi connectivity index (χ3n) is 5.86. The topological polar surface area (TPSA) is 113 Å². The SMILES string of the molecule is CCCCOCn1cc(CN(Cc2ccccc2)CC(CO)[C@@H](O)CO)c2ncnc(OC)c21. The van der Waals surface area contributed by atoms with Gasteiger partial charge in [0.05, 0.1) is 19.8 Å². The summed E-state index contributed by atoms with van der Waals surface area (Å²) in [6.07, 6.45) is 4.53. The van der Waals surface area contributed by atoms with Crippen LogP contribution in [0, 0.1) is 5.92 Å². The molecule has 0 spiro atoms. The van der Waals surface area contributed by atoms with Crippen molar-refractivity contribution in [1.29, 1.82) is 0 Å². The molecule has 2 atom stereocenters. The number of aromatic nitrogens is 3. The highest BCUT2D eigenvalue weighted by Gasteiger charge is 2.23. The molecule has 1 unspecified atom stereocenters. The molecule has 186 valence electrons. The smallest absolute Gasteiger partial charge is 0.241 e. The van der Waals surface area contributed by atoms with Crippen LogP contribution in [-0.4, -0.2) is 74.3 Å². The first-order valence-corrected chi connectivity index (χ1v) is 11.7. The summed E-state index contributed by atoms with van der Waals surface area (Å²) in [7, 11) is 1.58. The van der Waals surface area contributed by atoms with Crippen LogP contribution in [0.3, 0.4) is 0 Å². The van der Waals surface area contributed by atoms with Crippen LogP contribution >= 0.6 is 0 Å². The Hall–Kier alpha value is -2.56. The van der Waals surface area contributed by atoms with Crippen molar-refractivity contribution in [3.63, 3.8) is 0 Å². The zero-order valence-corrected chi connectivity index (χ0v) is 20.0. The summed E-state index contributed by atoms with van der Waals surface area (Å²) in [6, 6.07) is 10.0. The molecule has 3 rings (SSSR count). The van der Waals surface area contributed by atoms with Crippen molar-refractivity contribution >= 4 is 11.0 Å². The molecule has 0 saturated carbocycles. The normalized spacial score (nSPS) is 13.5. The van der Waals surface area contributed by atoms with E-state index in [0.717, 1.165) is 35.0 Å². The number of aliphatic hydroxyl groups is 3. The largest absolute Gasteiger partial charge is 0.479 e. The molecule has 9 nitrogen and oxygen atoms in total. The minimum atomic E-state index is -1.00. The molecular formula is C25H36N4O5. The summed E-state index contributed by atoms with van der Waals surface area (Å²) < 4.78 is 13.3. The fraction of sp³-hybridized carbons (Fsp3) is 0.520. The molecule has 0 radical (unpaired) electrons. The van der Waals surface area contributed by atoms with Gasteiger partial charge in [0.2, 0.25) is 5.88 Å². The molecule has 0 bridgehead atoms.